The van der Waals surface area contributed by atoms with Crippen molar-refractivity contribution in [2.24, 2.45) is 0 Å². The van der Waals surface area contributed by atoms with Gasteiger partial charge >= 0.3 is 0 Å². The minimum atomic E-state index is -0.335. The molecule has 4 aromatic rings. The summed E-state index contributed by atoms with van der Waals surface area (Å²) in [4.78, 5) is 21.5. The van der Waals surface area contributed by atoms with E-state index in [1.807, 2.05) is 50.2 Å². The van der Waals surface area contributed by atoms with E-state index in [1.54, 1.807) is 29.2 Å². The first-order valence-electron chi connectivity index (χ1n) is 9.50. The molecule has 1 N–H and O–H groups in total. The third-order valence-electron chi connectivity index (χ3n) is 4.57. The molecule has 0 spiro atoms. The summed E-state index contributed by atoms with van der Waals surface area (Å²) in [5, 5.41) is 12.5. The normalized spacial score (nSPS) is 10.8. The highest BCUT2D eigenvalue weighted by Crippen LogP contribution is 2.25. The molecule has 1 amide bonds. The molecule has 0 aliphatic heterocycles. The maximum Gasteiger partial charge on any atom is 0.278 e. The number of carbonyl (C=O) groups is 1. The van der Waals surface area contributed by atoms with Crippen molar-refractivity contribution in [3.63, 3.8) is 0 Å². The van der Waals surface area contributed by atoms with Gasteiger partial charge in [0.15, 0.2) is 10.9 Å². The molecule has 31 heavy (non-hydrogen) atoms. The van der Waals surface area contributed by atoms with Gasteiger partial charge in [-0.1, -0.05) is 52.3 Å². The minimum absolute atomic E-state index is 0.237. The second-order valence-electron chi connectivity index (χ2n) is 6.87. The van der Waals surface area contributed by atoms with Crippen molar-refractivity contribution < 1.29 is 4.79 Å². The molecule has 9 heteroatoms. The summed E-state index contributed by atoms with van der Waals surface area (Å²) in [6, 6.07) is 14.9. The molecule has 2 aromatic carbocycles. The molecule has 4 rings (SSSR count). The van der Waals surface area contributed by atoms with Crippen LogP contribution in [-0.4, -0.2) is 30.9 Å². The summed E-state index contributed by atoms with van der Waals surface area (Å²) in [5.74, 6) is 0.0667. The Kier molecular flexibility index (Phi) is 6.29. The van der Waals surface area contributed by atoms with Crippen molar-refractivity contribution in [3.8, 4) is 5.69 Å². The molecule has 2 heterocycles. The van der Waals surface area contributed by atoms with Crippen LogP contribution in [0, 0.1) is 13.8 Å². The van der Waals surface area contributed by atoms with E-state index in [1.165, 1.54) is 11.8 Å². The smallest absolute Gasteiger partial charge is 0.278 e. The first kappa shape index (κ1) is 21.0. The number of aryl methyl sites for hydroxylation is 2. The van der Waals surface area contributed by atoms with Crippen molar-refractivity contribution in [2.75, 3.05) is 5.32 Å². The van der Waals surface area contributed by atoms with Crippen LogP contribution in [0.25, 0.3) is 5.69 Å². The summed E-state index contributed by atoms with van der Waals surface area (Å²) >= 11 is 7.71. The van der Waals surface area contributed by atoms with E-state index >= 15 is 0 Å². The van der Waals surface area contributed by atoms with E-state index in [4.69, 9.17) is 11.6 Å². The lowest BCUT2D eigenvalue weighted by Crippen LogP contribution is -2.15. The zero-order valence-corrected chi connectivity index (χ0v) is 18.5. The molecule has 7 nitrogen and oxygen atoms in total. The highest BCUT2D eigenvalue weighted by atomic mass is 35.5. The van der Waals surface area contributed by atoms with Gasteiger partial charge in [-0.3, -0.25) is 4.79 Å². The van der Waals surface area contributed by atoms with Crippen LogP contribution < -0.4 is 5.32 Å². The Balaban J connectivity index is 1.68. The lowest BCUT2D eigenvalue weighted by molar-refractivity contribution is 0.102. The van der Waals surface area contributed by atoms with Crippen molar-refractivity contribution in [1.29, 1.82) is 0 Å². The molecule has 0 atom stereocenters. The van der Waals surface area contributed by atoms with Crippen molar-refractivity contribution >= 4 is 35.0 Å². The summed E-state index contributed by atoms with van der Waals surface area (Å²) in [6.45, 7) is 3.92. The average molecular weight is 451 g/mol. The van der Waals surface area contributed by atoms with Gasteiger partial charge in [-0.25, -0.2) is 14.6 Å². The minimum Gasteiger partial charge on any atom is -0.321 e. The van der Waals surface area contributed by atoms with E-state index < -0.39 is 0 Å². The number of halogens is 1. The zero-order chi connectivity index (χ0) is 21.8. The number of anilines is 1. The van der Waals surface area contributed by atoms with Crippen molar-refractivity contribution in [1.82, 2.24) is 25.0 Å². The standard InChI is InChI=1S/C22H19ClN6OS/c1-14-4-7-16(8-5-14)26-21(30)20-19(13-31-22-24-10-3-11-25-22)29(28-27-20)17-9-6-15(2)18(23)12-17/h3-12H,13H2,1-2H3,(H,26,30). The van der Waals surface area contributed by atoms with Crippen LogP contribution in [0.15, 0.2) is 66.1 Å². The number of amides is 1. The topological polar surface area (TPSA) is 85.6 Å². The van der Waals surface area contributed by atoms with Crippen LogP contribution in [0.3, 0.4) is 0 Å². The van der Waals surface area contributed by atoms with Crippen LogP contribution in [0.5, 0.6) is 0 Å². The number of nitrogens with one attached hydrogen (secondary N) is 1. The number of benzene rings is 2. The van der Waals surface area contributed by atoms with Gasteiger partial charge in [0.1, 0.15) is 0 Å². The number of aromatic nitrogens is 5. The maximum atomic E-state index is 13.0. The Morgan fingerprint density at radius 2 is 1.84 bits per heavy atom. The van der Waals surface area contributed by atoms with Crippen LogP contribution in [-0.2, 0) is 5.75 Å². The lowest BCUT2D eigenvalue weighted by atomic mass is 10.2. The fourth-order valence-electron chi connectivity index (χ4n) is 2.85. The number of carbonyl (C=O) groups excluding carboxylic acids is 1. The van der Waals surface area contributed by atoms with E-state index in [9.17, 15) is 4.79 Å². The molecule has 2 aromatic heterocycles. The SMILES string of the molecule is Cc1ccc(NC(=O)c2nnn(-c3ccc(C)c(Cl)c3)c2CSc2ncccn2)cc1. The molecule has 0 saturated heterocycles. The predicted octanol–water partition coefficient (Wildman–Crippen LogP) is 4.87. The van der Waals surface area contributed by atoms with Gasteiger partial charge in [0.25, 0.3) is 5.91 Å². The van der Waals surface area contributed by atoms with Gasteiger partial charge in [0.2, 0.25) is 0 Å². The second kappa shape index (κ2) is 9.28. The zero-order valence-electron chi connectivity index (χ0n) is 16.9. The molecule has 0 unspecified atom stereocenters. The first-order valence-corrected chi connectivity index (χ1v) is 10.9. The molecule has 0 radical (unpaired) electrons. The van der Waals surface area contributed by atoms with Crippen LogP contribution in [0.4, 0.5) is 5.69 Å². The summed E-state index contributed by atoms with van der Waals surface area (Å²) in [6.07, 6.45) is 3.35. The van der Waals surface area contributed by atoms with Gasteiger partial charge in [-0.15, -0.1) is 5.10 Å². The molecule has 0 aliphatic rings. The molecular formula is C22H19ClN6OS. The second-order valence-corrected chi connectivity index (χ2v) is 8.22. The first-order chi connectivity index (χ1) is 15.0. The van der Waals surface area contributed by atoms with Crippen LogP contribution in [0.1, 0.15) is 27.3 Å². The quantitative estimate of drug-likeness (QED) is 0.333. The van der Waals surface area contributed by atoms with Crippen molar-refractivity contribution in [3.05, 3.63) is 88.5 Å². The summed E-state index contributed by atoms with van der Waals surface area (Å²) in [5.41, 5.74) is 4.34. The predicted molar refractivity (Wildman–Crippen MR) is 122 cm³/mol. The highest BCUT2D eigenvalue weighted by molar-refractivity contribution is 7.98. The van der Waals surface area contributed by atoms with Crippen LogP contribution >= 0.6 is 23.4 Å². The number of hydrogen-bond donors (Lipinski definition) is 1. The number of rotatable bonds is 6. The van der Waals surface area contributed by atoms with Gasteiger partial charge in [-0.05, 0) is 49.7 Å². The molecular weight excluding hydrogens is 432 g/mol. The third-order valence-corrected chi connectivity index (χ3v) is 5.86. The van der Waals surface area contributed by atoms with Gasteiger partial charge in [-0.2, -0.15) is 0 Å². The monoisotopic (exact) mass is 450 g/mol. The Labute approximate surface area is 188 Å². The largest absolute Gasteiger partial charge is 0.321 e. The molecule has 0 bridgehead atoms. The molecule has 0 saturated carbocycles. The average Bonchev–Trinajstić information content (AvgIpc) is 3.20. The van der Waals surface area contributed by atoms with E-state index in [-0.39, 0.29) is 11.6 Å². The Morgan fingerprint density at radius 3 is 2.55 bits per heavy atom. The fourth-order valence-corrected chi connectivity index (χ4v) is 3.82. The van der Waals surface area contributed by atoms with Crippen molar-refractivity contribution in [2.45, 2.75) is 24.8 Å². The number of hydrogen-bond acceptors (Lipinski definition) is 6. The number of nitrogens with zero attached hydrogens (tertiary/aromatic N) is 5. The lowest BCUT2D eigenvalue weighted by Gasteiger charge is -2.09. The van der Waals surface area contributed by atoms with Gasteiger partial charge < -0.3 is 5.32 Å². The fraction of sp³-hybridized carbons (Fsp3) is 0.136. The Morgan fingerprint density at radius 1 is 1.10 bits per heavy atom. The van der Waals surface area contributed by atoms with Gasteiger partial charge in [0.05, 0.1) is 11.4 Å². The highest BCUT2D eigenvalue weighted by Gasteiger charge is 2.22. The molecule has 156 valence electrons. The summed E-state index contributed by atoms with van der Waals surface area (Å²) < 4.78 is 1.63. The number of thioether (sulfide) groups is 1. The van der Waals surface area contributed by atoms with E-state index in [2.05, 4.69) is 25.6 Å². The van der Waals surface area contributed by atoms with E-state index in [0.717, 1.165) is 16.8 Å². The van der Waals surface area contributed by atoms with Gasteiger partial charge in [0, 0.05) is 28.9 Å². The third kappa shape index (κ3) is 4.92. The molecule has 0 aliphatic carbocycles. The summed E-state index contributed by atoms with van der Waals surface area (Å²) in [7, 11) is 0. The Hall–Kier alpha value is -3.23. The maximum absolute atomic E-state index is 13.0. The molecule has 0 fully saturated rings. The van der Waals surface area contributed by atoms with E-state index in [0.29, 0.717) is 27.3 Å². The Bertz CT molecular complexity index is 1210. The van der Waals surface area contributed by atoms with Crippen LogP contribution in [0.2, 0.25) is 5.02 Å².